The summed E-state index contributed by atoms with van der Waals surface area (Å²) in [5.74, 6) is 2.83. The fraction of sp³-hybridized carbons (Fsp3) is 0.500. The number of para-hydroxylation sites is 1. The van der Waals surface area contributed by atoms with Crippen LogP contribution in [0.15, 0.2) is 30.3 Å². The fourth-order valence-corrected chi connectivity index (χ4v) is 2.93. The summed E-state index contributed by atoms with van der Waals surface area (Å²) in [6.45, 7) is 7.49. The molecule has 0 spiro atoms. The Hall–Kier alpha value is -1.61. The molecule has 1 aromatic heterocycles. The highest BCUT2D eigenvalue weighted by molar-refractivity contribution is 5.84. The molecule has 2 atom stereocenters. The molecule has 1 saturated carbocycles. The van der Waals surface area contributed by atoms with Gasteiger partial charge in [-0.1, -0.05) is 32.0 Å². The highest BCUT2D eigenvalue weighted by Gasteiger charge is 2.33. The van der Waals surface area contributed by atoms with Gasteiger partial charge in [0.15, 0.2) is 0 Å². The van der Waals surface area contributed by atoms with Crippen LogP contribution in [0.1, 0.15) is 25.8 Å². The molecule has 0 bridgehead atoms. The van der Waals surface area contributed by atoms with E-state index in [0.29, 0.717) is 0 Å². The van der Waals surface area contributed by atoms with E-state index < -0.39 is 0 Å². The van der Waals surface area contributed by atoms with E-state index >= 15 is 0 Å². The predicted octanol–water partition coefficient (Wildman–Crippen LogP) is 3.44. The minimum Gasteiger partial charge on any atom is -0.359 e. The molecule has 1 aliphatic rings. The monoisotopic (exact) mass is 283 g/mol. The van der Waals surface area contributed by atoms with E-state index in [0.717, 1.165) is 42.8 Å². The first kappa shape index (κ1) is 14.3. The van der Waals surface area contributed by atoms with E-state index in [1.54, 1.807) is 0 Å². The molecule has 112 valence electrons. The summed E-state index contributed by atoms with van der Waals surface area (Å²) in [5, 5.41) is 4.70. The van der Waals surface area contributed by atoms with Gasteiger partial charge in [-0.2, -0.15) is 0 Å². The topological polar surface area (TPSA) is 28.2 Å². The van der Waals surface area contributed by atoms with E-state index in [1.807, 2.05) is 0 Å². The Labute approximate surface area is 127 Å². The molecule has 0 radical (unpaired) electrons. The maximum atomic E-state index is 4.85. The lowest BCUT2D eigenvalue weighted by atomic mass is 10.1. The van der Waals surface area contributed by atoms with Crippen molar-refractivity contribution in [1.29, 1.82) is 0 Å². The minimum absolute atomic E-state index is 0.848. The van der Waals surface area contributed by atoms with Gasteiger partial charge in [0.05, 0.1) is 5.52 Å². The normalized spacial score (nSPS) is 20.7. The highest BCUT2D eigenvalue weighted by Crippen LogP contribution is 2.38. The van der Waals surface area contributed by atoms with Gasteiger partial charge >= 0.3 is 0 Å². The highest BCUT2D eigenvalue weighted by atomic mass is 15.2. The smallest absolute Gasteiger partial charge is 0.129 e. The van der Waals surface area contributed by atoms with Crippen molar-refractivity contribution in [3.05, 3.63) is 35.9 Å². The summed E-state index contributed by atoms with van der Waals surface area (Å²) < 4.78 is 0. The zero-order chi connectivity index (χ0) is 14.8. The average molecular weight is 283 g/mol. The summed E-state index contributed by atoms with van der Waals surface area (Å²) in [4.78, 5) is 7.16. The van der Waals surface area contributed by atoms with Crippen molar-refractivity contribution >= 4 is 16.7 Å². The van der Waals surface area contributed by atoms with Gasteiger partial charge in [0.25, 0.3) is 0 Å². The van der Waals surface area contributed by atoms with Gasteiger partial charge < -0.3 is 10.2 Å². The molecule has 21 heavy (non-hydrogen) atoms. The van der Waals surface area contributed by atoms with Crippen LogP contribution in [0, 0.1) is 11.8 Å². The van der Waals surface area contributed by atoms with Crippen molar-refractivity contribution in [3.63, 3.8) is 0 Å². The van der Waals surface area contributed by atoms with Crippen molar-refractivity contribution < 1.29 is 0 Å². The van der Waals surface area contributed by atoms with Gasteiger partial charge in [-0.3, -0.25) is 0 Å². The number of nitrogens with zero attached hydrogens (tertiary/aromatic N) is 2. The Morgan fingerprint density at radius 1 is 1.33 bits per heavy atom. The molecule has 1 aliphatic carbocycles. The lowest BCUT2D eigenvalue weighted by Gasteiger charge is -2.20. The third-order valence-electron chi connectivity index (χ3n) is 4.53. The number of hydrogen-bond acceptors (Lipinski definition) is 3. The number of hydrogen-bond donors (Lipinski definition) is 1. The van der Waals surface area contributed by atoms with Crippen LogP contribution in [-0.4, -0.2) is 25.1 Å². The number of benzene rings is 1. The van der Waals surface area contributed by atoms with E-state index in [1.165, 1.54) is 17.4 Å². The third kappa shape index (κ3) is 3.18. The van der Waals surface area contributed by atoms with Gasteiger partial charge in [-0.05, 0) is 42.5 Å². The molecule has 3 heteroatoms. The molecular formula is C18H25N3. The maximum Gasteiger partial charge on any atom is 0.129 e. The summed E-state index contributed by atoms with van der Waals surface area (Å²) in [6, 6.07) is 10.7. The third-order valence-corrected chi connectivity index (χ3v) is 4.53. The molecule has 0 amide bonds. The second kappa shape index (κ2) is 6.02. The van der Waals surface area contributed by atoms with Crippen LogP contribution >= 0.6 is 0 Å². The zero-order valence-electron chi connectivity index (χ0n) is 13.3. The average Bonchev–Trinajstić information content (AvgIpc) is 3.19. The number of nitrogens with one attached hydrogen (secondary N) is 1. The molecular weight excluding hydrogens is 258 g/mol. The molecule has 1 fully saturated rings. The molecule has 2 unspecified atom stereocenters. The SMILES string of the molecule is CCNCc1cc(N(C)CC2CC2C)nc2ccccc12. The van der Waals surface area contributed by atoms with Gasteiger partial charge in [-0.15, -0.1) is 0 Å². The Balaban J connectivity index is 1.90. The van der Waals surface area contributed by atoms with Crippen LogP contribution < -0.4 is 10.2 Å². The predicted molar refractivity (Wildman–Crippen MR) is 89.7 cm³/mol. The van der Waals surface area contributed by atoms with Crippen LogP contribution in [0.3, 0.4) is 0 Å². The van der Waals surface area contributed by atoms with E-state index in [9.17, 15) is 0 Å². The van der Waals surface area contributed by atoms with Crippen LogP contribution in [0.4, 0.5) is 5.82 Å². The summed E-state index contributed by atoms with van der Waals surface area (Å²) in [6.07, 6.45) is 1.36. The molecule has 3 rings (SSSR count). The Kier molecular flexibility index (Phi) is 4.11. The Morgan fingerprint density at radius 2 is 2.10 bits per heavy atom. The van der Waals surface area contributed by atoms with Crippen molar-refractivity contribution in [2.24, 2.45) is 11.8 Å². The first-order valence-corrected chi connectivity index (χ1v) is 7.99. The van der Waals surface area contributed by atoms with Crippen LogP contribution in [0.25, 0.3) is 10.9 Å². The van der Waals surface area contributed by atoms with Gasteiger partial charge in [0.1, 0.15) is 5.82 Å². The molecule has 0 saturated heterocycles. The number of pyridine rings is 1. The summed E-state index contributed by atoms with van der Waals surface area (Å²) in [7, 11) is 2.17. The lowest BCUT2D eigenvalue weighted by Crippen LogP contribution is -2.22. The van der Waals surface area contributed by atoms with Crippen molar-refractivity contribution in [2.75, 3.05) is 25.0 Å². The van der Waals surface area contributed by atoms with Crippen LogP contribution in [0.2, 0.25) is 0 Å². The number of rotatable bonds is 6. The van der Waals surface area contributed by atoms with E-state index in [4.69, 9.17) is 4.98 Å². The standard InChI is InChI=1S/C18H25N3/c1-4-19-11-14-10-18(21(3)12-15-9-13(15)2)20-17-8-6-5-7-16(14)17/h5-8,10,13,15,19H,4,9,11-12H2,1-3H3. The fourth-order valence-electron chi connectivity index (χ4n) is 2.93. The molecule has 3 nitrogen and oxygen atoms in total. The Bertz CT molecular complexity index is 623. The van der Waals surface area contributed by atoms with Gasteiger partial charge in [-0.25, -0.2) is 4.98 Å². The zero-order valence-corrected chi connectivity index (χ0v) is 13.3. The summed E-state index contributed by atoms with van der Waals surface area (Å²) in [5.41, 5.74) is 2.44. The maximum absolute atomic E-state index is 4.85. The quantitative estimate of drug-likeness (QED) is 0.880. The van der Waals surface area contributed by atoms with Crippen LogP contribution in [0.5, 0.6) is 0 Å². The number of aromatic nitrogens is 1. The number of anilines is 1. The van der Waals surface area contributed by atoms with Crippen molar-refractivity contribution in [2.45, 2.75) is 26.8 Å². The van der Waals surface area contributed by atoms with Gasteiger partial charge in [0.2, 0.25) is 0 Å². The number of fused-ring (bicyclic) bond motifs is 1. The van der Waals surface area contributed by atoms with Crippen LogP contribution in [-0.2, 0) is 6.54 Å². The van der Waals surface area contributed by atoms with Crippen molar-refractivity contribution in [3.8, 4) is 0 Å². The van der Waals surface area contributed by atoms with E-state index in [2.05, 4.69) is 61.4 Å². The second-order valence-corrected chi connectivity index (χ2v) is 6.29. The van der Waals surface area contributed by atoms with E-state index in [-0.39, 0.29) is 0 Å². The molecule has 1 N–H and O–H groups in total. The second-order valence-electron chi connectivity index (χ2n) is 6.29. The van der Waals surface area contributed by atoms with Gasteiger partial charge in [0, 0.05) is 25.5 Å². The largest absolute Gasteiger partial charge is 0.359 e. The first-order chi connectivity index (χ1) is 10.2. The van der Waals surface area contributed by atoms with Crippen molar-refractivity contribution in [1.82, 2.24) is 10.3 Å². The Morgan fingerprint density at radius 3 is 2.81 bits per heavy atom. The summed E-state index contributed by atoms with van der Waals surface area (Å²) >= 11 is 0. The molecule has 2 aromatic rings. The molecule has 1 heterocycles. The molecule has 1 aromatic carbocycles. The first-order valence-electron chi connectivity index (χ1n) is 7.99. The lowest BCUT2D eigenvalue weighted by molar-refractivity contribution is 0.715. The minimum atomic E-state index is 0.848. The molecule has 0 aliphatic heterocycles.